The van der Waals surface area contributed by atoms with Gasteiger partial charge < -0.3 is 5.11 Å². The number of aryl methyl sites for hydroxylation is 2. The van der Waals surface area contributed by atoms with Crippen LogP contribution in [0.1, 0.15) is 29.5 Å². The zero-order valence-electron chi connectivity index (χ0n) is 13.3. The van der Waals surface area contributed by atoms with E-state index >= 15 is 0 Å². The van der Waals surface area contributed by atoms with Crippen molar-refractivity contribution in [3.63, 3.8) is 0 Å². The Balaban J connectivity index is 1.73. The summed E-state index contributed by atoms with van der Waals surface area (Å²) in [5.41, 5.74) is 3.19. The number of carbonyl (C=O) groups is 1. The number of hydrogen-bond donors (Lipinski definition) is 1. The van der Waals surface area contributed by atoms with Gasteiger partial charge in [-0.25, -0.2) is 0 Å². The molecule has 0 aromatic heterocycles. The van der Waals surface area contributed by atoms with Crippen LogP contribution in [0.5, 0.6) is 0 Å². The van der Waals surface area contributed by atoms with E-state index in [1.165, 1.54) is 11.1 Å². The molecule has 2 aromatic carbocycles. The van der Waals surface area contributed by atoms with Crippen molar-refractivity contribution in [3.8, 4) is 0 Å². The molecule has 0 aliphatic carbocycles. The number of hydrogen-bond acceptors (Lipinski definition) is 2. The maximum Gasteiger partial charge on any atom is 0.307 e. The zero-order chi connectivity index (χ0) is 16.7. The molecular weight excluding hydrogens is 308 g/mol. The number of unbranched alkanes of at least 4 members (excludes halogenated alkanes) is 1. The summed E-state index contributed by atoms with van der Waals surface area (Å²) >= 11 is 0. The van der Waals surface area contributed by atoms with Gasteiger partial charge in [-0.15, -0.1) is 0 Å². The topological polar surface area (TPSA) is 54.4 Å². The minimum atomic E-state index is -0.925. The molecule has 0 spiro atoms. The molecule has 1 N–H and O–H groups in total. The molecule has 0 saturated carbocycles. The summed E-state index contributed by atoms with van der Waals surface area (Å²) in [5, 5.41) is 8.74. The molecular formula is C19H22O3S. The predicted octanol–water partition coefficient (Wildman–Crippen LogP) is 3.75. The molecule has 0 heterocycles. The Morgan fingerprint density at radius 3 is 2.17 bits per heavy atom. The second kappa shape index (κ2) is 8.63. The fourth-order valence-electron chi connectivity index (χ4n) is 2.37. The first kappa shape index (κ1) is 17.4. The molecule has 2 rings (SSSR count). The summed E-state index contributed by atoms with van der Waals surface area (Å²) in [6.07, 6.45) is 2.89. The van der Waals surface area contributed by atoms with Crippen molar-refractivity contribution in [1.29, 1.82) is 0 Å². The van der Waals surface area contributed by atoms with E-state index in [0.29, 0.717) is 5.75 Å². The third-order valence-corrected chi connectivity index (χ3v) is 5.16. The van der Waals surface area contributed by atoms with E-state index in [0.717, 1.165) is 29.7 Å². The van der Waals surface area contributed by atoms with Crippen molar-refractivity contribution in [1.82, 2.24) is 0 Å². The van der Waals surface area contributed by atoms with Crippen molar-refractivity contribution >= 4 is 16.8 Å². The van der Waals surface area contributed by atoms with Crippen LogP contribution in [0, 0.1) is 6.92 Å². The molecule has 4 heteroatoms. The van der Waals surface area contributed by atoms with E-state index in [9.17, 15) is 9.00 Å². The highest BCUT2D eigenvalue weighted by Gasteiger charge is 2.04. The van der Waals surface area contributed by atoms with Crippen LogP contribution >= 0.6 is 0 Å². The standard InChI is InChI=1S/C19H22O3S/c1-15-5-11-18(12-6-15)23(22)13-3-2-4-16-7-9-17(10-8-16)14-19(20)21/h5-12H,2-4,13-14H2,1H3,(H,20,21). The van der Waals surface area contributed by atoms with Crippen molar-refractivity contribution in [2.75, 3.05) is 5.75 Å². The molecule has 23 heavy (non-hydrogen) atoms. The summed E-state index contributed by atoms with van der Waals surface area (Å²) in [6.45, 7) is 2.02. The monoisotopic (exact) mass is 330 g/mol. The number of carboxylic acid groups (broad SMARTS) is 1. The molecule has 1 unspecified atom stereocenters. The SMILES string of the molecule is Cc1ccc(S(=O)CCCCc2ccc(CC(=O)O)cc2)cc1. The van der Waals surface area contributed by atoms with E-state index in [1.807, 2.05) is 55.5 Å². The third-order valence-electron chi connectivity index (χ3n) is 3.71. The number of rotatable bonds is 8. The summed E-state index contributed by atoms with van der Waals surface area (Å²) in [4.78, 5) is 11.5. The quantitative estimate of drug-likeness (QED) is 0.750. The van der Waals surface area contributed by atoms with Gasteiger partial charge in [-0.3, -0.25) is 9.00 Å². The van der Waals surface area contributed by atoms with Crippen LogP contribution in [0.2, 0.25) is 0 Å². The van der Waals surface area contributed by atoms with Crippen molar-refractivity contribution < 1.29 is 14.1 Å². The van der Waals surface area contributed by atoms with E-state index in [-0.39, 0.29) is 6.42 Å². The lowest BCUT2D eigenvalue weighted by Crippen LogP contribution is -2.00. The molecule has 2 aromatic rings. The van der Waals surface area contributed by atoms with Crippen LogP contribution in [-0.4, -0.2) is 21.0 Å². The highest BCUT2D eigenvalue weighted by atomic mass is 32.2. The van der Waals surface area contributed by atoms with E-state index in [2.05, 4.69) is 0 Å². The second-order valence-corrected chi connectivity index (χ2v) is 7.28. The second-order valence-electron chi connectivity index (χ2n) is 5.71. The summed E-state index contributed by atoms with van der Waals surface area (Å²) < 4.78 is 12.2. The molecule has 0 saturated heterocycles. The van der Waals surface area contributed by atoms with E-state index in [1.54, 1.807) is 0 Å². The van der Waals surface area contributed by atoms with Gasteiger partial charge in [-0.2, -0.15) is 0 Å². The molecule has 0 radical (unpaired) electrons. The molecule has 0 aliphatic rings. The average molecular weight is 330 g/mol. The smallest absolute Gasteiger partial charge is 0.307 e. The van der Waals surface area contributed by atoms with Crippen LogP contribution in [0.15, 0.2) is 53.4 Å². The van der Waals surface area contributed by atoms with Gasteiger partial charge in [-0.1, -0.05) is 42.0 Å². The lowest BCUT2D eigenvalue weighted by Gasteiger charge is -2.05. The van der Waals surface area contributed by atoms with Gasteiger partial charge in [-0.05, 0) is 49.4 Å². The Morgan fingerprint density at radius 1 is 0.957 bits per heavy atom. The Morgan fingerprint density at radius 2 is 1.57 bits per heavy atom. The van der Waals surface area contributed by atoms with Crippen molar-refractivity contribution in [2.45, 2.75) is 37.5 Å². The van der Waals surface area contributed by atoms with E-state index in [4.69, 9.17) is 5.11 Å². The minimum absolute atomic E-state index is 0.0653. The van der Waals surface area contributed by atoms with Gasteiger partial charge in [0, 0.05) is 10.6 Å². The Kier molecular flexibility index (Phi) is 6.53. The van der Waals surface area contributed by atoms with Gasteiger partial charge in [0.05, 0.1) is 17.2 Å². The maximum atomic E-state index is 12.2. The molecule has 0 bridgehead atoms. The lowest BCUT2D eigenvalue weighted by atomic mass is 10.1. The highest BCUT2D eigenvalue weighted by molar-refractivity contribution is 7.85. The summed E-state index contributed by atoms with van der Waals surface area (Å²) in [5.74, 6) is -0.128. The Hall–Kier alpha value is -1.94. The van der Waals surface area contributed by atoms with Gasteiger partial charge in [0.25, 0.3) is 0 Å². The van der Waals surface area contributed by atoms with Crippen LogP contribution in [-0.2, 0) is 28.4 Å². The zero-order valence-corrected chi connectivity index (χ0v) is 14.1. The third kappa shape index (κ3) is 5.99. The first-order chi connectivity index (χ1) is 11.0. The van der Waals surface area contributed by atoms with Crippen LogP contribution in [0.3, 0.4) is 0 Å². The molecule has 1 atom stereocenters. The number of carboxylic acids is 1. The fourth-order valence-corrected chi connectivity index (χ4v) is 3.51. The average Bonchev–Trinajstić information content (AvgIpc) is 2.53. The lowest BCUT2D eigenvalue weighted by molar-refractivity contribution is -0.136. The molecule has 0 aliphatic heterocycles. The fraction of sp³-hybridized carbons (Fsp3) is 0.316. The van der Waals surface area contributed by atoms with Gasteiger partial charge in [0.1, 0.15) is 0 Å². The van der Waals surface area contributed by atoms with E-state index < -0.39 is 16.8 Å². The molecule has 0 amide bonds. The van der Waals surface area contributed by atoms with Gasteiger partial charge in [0.15, 0.2) is 0 Å². The highest BCUT2D eigenvalue weighted by Crippen LogP contribution is 2.12. The van der Waals surface area contributed by atoms with Crippen molar-refractivity contribution in [2.24, 2.45) is 0 Å². The maximum absolute atomic E-state index is 12.2. The molecule has 3 nitrogen and oxygen atoms in total. The van der Waals surface area contributed by atoms with Gasteiger partial charge >= 0.3 is 5.97 Å². The summed E-state index contributed by atoms with van der Waals surface area (Å²) in [7, 11) is -0.925. The predicted molar refractivity (Wildman–Crippen MR) is 93.2 cm³/mol. The van der Waals surface area contributed by atoms with Crippen LogP contribution in [0.4, 0.5) is 0 Å². The van der Waals surface area contributed by atoms with Crippen LogP contribution < -0.4 is 0 Å². The largest absolute Gasteiger partial charge is 0.481 e. The van der Waals surface area contributed by atoms with Crippen LogP contribution in [0.25, 0.3) is 0 Å². The summed E-state index contributed by atoms with van der Waals surface area (Å²) in [6, 6.07) is 15.6. The molecule has 0 fully saturated rings. The number of aliphatic carboxylic acids is 1. The molecule has 122 valence electrons. The normalized spacial score (nSPS) is 12.0. The van der Waals surface area contributed by atoms with Crippen molar-refractivity contribution in [3.05, 3.63) is 65.2 Å². The van der Waals surface area contributed by atoms with Gasteiger partial charge in [0.2, 0.25) is 0 Å². The first-order valence-corrected chi connectivity index (χ1v) is 9.11. The Labute approximate surface area is 139 Å². The first-order valence-electron chi connectivity index (χ1n) is 7.79. The Bertz CT molecular complexity index is 660. The minimum Gasteiger partial charge on any atom is -0.481 e. The number of benzene rings is 2.